The maximum Gasteiger partial charge on any atom is 0.280 e. The fraction of sp³-hybridized carbons (Fsp3) is 0.0833. The van der Waals surface area contributed by atoms with Crippen LogP contribution in [-0.4, -0.2) is 30.3 Å². The second kappa shape index (κ2) is 8.62. The van der Waals surface area contributed by atoms with Crippen LogP contribution in [0.2, 0.25) is 0 Å². The Hall–Kier alpha value is -4.40. The van der Waals surface area contributed by atoms with Gasteiger partial charge in [0.15, 0.2) is 5.65 Å². The number of amides is 1. The summed E-state index contributed by atoms with van der Waals surface area (Å²) in [6.07, 6.45) is 1.68. The molecule has 0 bridgehead atoms. The van der Waals surface area contributed by atoms with E-state index in [1.807, 2.05) is 36.4 Å². The highest BCUT2D eigenvalue weighted by atomic mass is 19.3. The quantitative estimate of drug-likeness (QED) is 0.407. The summed E-state index contributed by atoms with van der Waals surface area (Å²) in [6.45, 7) is 0.549. The van der Waals surface area contributed by atoms with Crippen molar-refractivity contribution < 1.29 is 13.6 Å². The minimum atomic E-state index is -2.79. The van der Waals surface area contributed by atoms with Gasteiger partial charge in [0.25, 0.3) is 12.3 Å². The monoisotopic (exact) mass is 444 g/mol. The van der Waals surface area contributed by atoms with Gasteiger partial charge in [-0.25, -0.2) is 18.3 Å². The summed E-state index contributed by atoms with van der Waals surface area (Å²) in [6, 6.07) is 20.0. The van der Waals surface area contributed by atoms with Crippen molar-refractivity contribution in [2.75, 3.05) is 5.32 Å². The first-order chi connectivity index (χ1) is 16.1. The molecule has 9 heteroatoms. The zero-order chi connectivity index (χ0) is 22.8. The Morgan fingerprint density at radius 3 is 2.42 bits per heavy atom. The fourth-order valence-electron chi connectivity index (χ4n) is 3.54. The van der Waals surface area contributed by atoms with Crippen LogP contribution in [0.4, 0.5) is 14.5 Å². The largest absolute Gasteiger partial charge is 0.319 e. The Morgan fingerprint density at radius 2 is 1.70 bits per heavy atom. The predicted octanol–water partition coefficient (Wildman–Crippen LogP) is 4.83. The van der Waals surface area contributed by atoms with Crippen LogP contribution < -0.4 is 5.32 Å². The highest BCUT2D eigenvalue weighted by Gasteiger charge is 2.22. The Kier molecular flexibility index (Phi) is 5.35. The van der Waals surface area contributed by atoms with Crippen molar-refractivity contribution in [3.05, 3.63) is 102 Å². The molecule has 0 aliphatic rings. The normalized spacial score (nSPS) is 11.2. The van der Waals surface area contributed by atoms with Gasteiger partial charge in [-0.1, -0.05) is 60.7 Å². The first kappa shape index (κ1) is 20.5. The van der Waals surface area contributed by atoms with E-state index in [2.05, 4.69) is 20.5 Å². The molecule has 33 heavy (non-hydrogen) atoms. The van der Waals surface area contributed by atoms with Gasteiger partial charge >= 0.3 is 0 Å². The third kappa shape index (κ3) is 4.20. The third-order valence-electron chi connectivity index (χ3n) is 5.12. The van der Waals surface area contributed by atoms with E-state index >= 15 is 0 Å². The summed E-state index contributed by atoms with van der Waals surface area (Å²) >= 11 is 0. The smallest absolute Gasteiger partial charge is 0.280 e. The van der Waals surface area contributed by atoms with Crippen molar-refractivity contribution in [1.82, 2.24) is 24.4 Å². The molecule has 0 spiro atoms. The zero-order valence-corrected chi connectivity index (χ0v) is 17.3. The van der Waals surface area contributed by atoms with Crippen LogP contribution in [0.3, 0.4) is 0 Å². The highest BCUT2D eigenvalue weighted by molar-refractivity contribution is 6.08. The van der Waals surface area contributed by atoms with Gasteiger partial charge < -0.3 is 5.32 Å². The molecule has 0 radical (unpaired) electrons. The molecule has 5 aromatic rings. The molecular weight excluding hydrogens is 426 g/mol. The molecule has 0 fully saturated rings. The molecule has 0 saturated carbocycles. The molecule has 0 saturated heterocycles. The minimum Gasteiger partial charge on any atom is -0.319 e. The molecule has 0 unspecified atom stereocenters. The number of rotatable bonds is 6. The summed E-state index contributed by atoms with van der Waals surface area (Å²) < 4.78 is 30.2. The van der Waals surface area contributed by atoms with Crippen molar-refractivity contribution in [3.8, 4) is 11.3 Å². The number of hydrogen-bond donors (Lipinski definition) is 1. The van der Waals surface area contributed by atoms with E-state index in [0.717, 1.165) is 10.1 Å². The molecule has 2 aromatic carbocycles. The van der Waals surface area contributed by atoms with Crippen LogP contribution in [-0.2, 0) is 6.54 Å². The average molecular weight is 444 g/mol. The molecule has 0 aliphatic heterocycles. The van der Waals surface area contributed by atoms with Gasteiger partial charge in [0, 0.05) is 11.8 Å². The van der Waals surface area contributed by atoms with E-state index in [4.69, 9.17) is 0 Å². The number of halogens is 2. The number of hydrogen-bond acceptors (Lipinski definition) is 4. The van der Waals surface area contributed by atoms with Crippen molar-refractivity contribution in [2.45, 2.75) is 13.0 Å². The van der Waals surface area contributed by atoms with Gasteiger partial charge in [-0.15, -0.1) is 0 Å². The van der Waals surface area contributed by atoms with Crippen LogP contribution >= 0.6 is 0 Å². The van der Waals surface area contributed by atoms with Crippen LogP contribution in [0.1, 0.15) is 28.0 Å². The number of nitrogens with one attached hydrogen (secondary N) is 1. The summed E-state index contributed by atoms with van der Waals surface area (Å²) in [5.41, 5.74) is 2.35. The Bertz CT molecular complexity index is 1410. The molecule has 0 aliphatic carbocycles. The van der Waals surface area contributed by atoms with Gasteiger partial charge in [-0.05, 0) is 11.6 Å². The van der Waals surface area contributed by atoms with Crippen molar-refractivity contribution >= 4 is 17.2 Å². The van der Waals surface area contributed by atoms with E-state index in [1.54, 1.807) is 35.1 Å². The lowest BCUT2D eigenvalue weighted by Crippen LogP contribution is -2.12. The summed E-state index contributed by atoms with van der Waals surface area (Å²) in [5, 5.41) is 11.0. The van der Waals surface area contributed by atoms with Gasteiger partial charge in [-0.3, -0.25) is 9.48 Å². The third-order valence-corrected chi connectivity index (χ3v) is 5.12. The average Bonchev–Trinajstić information content (AvgIpc) is 3.46. The van der Waals surface area contributed by atoms with Crippen molar-refractivity contribution in [3.63, 3.8) is 0 Å². The summed E-state index contributed by atoms with van der Waals surface area (Å²) in [4.78, 5) is 17.4. The second-order valence-corrected chi connectivity index (χ2v) is 7.39. The molecule has 3 aromatic heterocycles. The molecule has 3 heterocycles. The maximum absolute atomic E-state index is 13.7. The van der Waals surface area contributed by atoms with Gasteiger partial charge in [0.05, 0.1) is 30.3 Å². The van der Waals surface area contributed by atoms with Crippen molar-refractivity contribution in [1.29, 1.82) is 0 Å². The Labute approximate surface area is 187 Å². The van der Waals surface area contributed by atoms with E-state index in [9.17, 15) is 13.6 Å². The standard InChI is InChI=1S/C24H18F2N6O/c25-22(26)21-11-20(17-9-5-2-6-10-17)30-23-19(13-28-32(21)23)24(33)29-18-12-27-31(15-18)14-16-7-3-1-4-8-16/h1-13,15,22H,14H2,(H,29,33). The first-order valence-corrected chi connectivity index (χ1v) is 10.2. The molecule has 0 atom stereocenters. The number of alkyl halides is 2. The Balaban J connectivity index is 1.45. The van der Waals surface area contributed by atoms with Gasteiger partial charge in [-0.2, -0.15) is 10.2 Å². The van der Waals surface area contributed by atoms with E-state index in [0.29, 0.717) is 23.5 Å². The number of carbonyl (C=O) groups is 1. The first-order valence-electron chi connectivity index (χ1n) is 10.2. The molecular formula is C24H18F2N6O. The molecule has 1 N–H and O–H groups in total. The number of anilines is 1. The summed E-state index contributed by atoms with van der Waals surface area (Å²) in [7, 11) is 0. The lowest BCUT2D eigenvalue weighted by molar-refractivity contribution is 0.102. The summed E-state index contributed by atoms with van der Waals surface area (Å²) in [5.74, 6) is -0.512. The molecule has 164 valence electrons. The maximum atomic E-state index is 13.7. The lowest BCUT2D eigenvalue weighted by atomic mass is 10.1. The minimum absolute atomic E-state index is 0.0563. The van der Waals surface area contributed by atoms with E-state index < -0.39 is 12.3 Å². The van der Waals surface area contributed by atoms with Crippen LogP contribution in [0.15, 0.2) is 85.3 Å². The van der Waals surface area contributed by atoms with Gasteiger partial charge in [0.1, 0.15) is 11.3 Å². The molecule has 7 nitrogen and oxygen atoms in total. The molecule has 5 rings (SSSR count). The van der Waals surface area contributed by atoms with Crippen LogP contribution in [0, 0.1) is 0 Å². The zero-order valence-electron chi connectivity index (χ0n) is 17.3. The van der Waals surface area contributed by atoms with Crippen LogP contribution in [0.25, 0.3) is 16.9 Å². The van der Waals surface area contributed by atoms with E-state index in [1.165, 1.54) is 18.5 Å². The second-order valence-electron chi connectivity index (χ2n) is 7.39. The SMILES string of the molecule is O=C(Nc1cnn(Cc2ccccc2)c1)c1cnn2c(C(F)F)cc(-c3ccccc3)nc12. The fourth-order valence-corrected chi connectivity index (χ4v) is 3.54. The number of benzene rings is 2. The van der Waals surface area contributed by atoms with Crippen LogP contribution in [0.5, 0.6) is 0 Å². The number of aromatic nitrogens is 5. The number of nitrogens with zero attached hydrogens (tertiary/aromatic N) is 5. The number of carbonyl (C=O) groups excluding carboxylic acids is 1. The van der Waals surface area contributed by atoms with Crippen molar-refractivity contribution in [2.24, 2.45) is 0 Å². The van der Waals surface area contributed by atoms with E-state index in [-0.39, 0.29) is 16.9 Å². The Morgan fingerprint density at radius 1 is 0.970 bits per heavy atom. The predicted molar refractivity (Wildman–Crippen MR) is 119 cm³/mol. The van der Waals surface area contributed by atoms with Gasteiger partial charge in [0.2, 0.25) is 0 Å². The number of fused-ring (bicyclic) bond motifs is 1. The molecule has 1 amide bonds. The highest BCUT2D eigenvalue weighted by Crippen LogP contribution is 2.27. The topological polar surface area (TPSA) is 77.1 Å². The lowest BCUT2D eigenvalue weighted by Gasteiger charge is -2.08.